The predicted molar refractivity (Wildman–Crippen MR) is 94.9 cm³/mol. The van der Waals surface area contributed by atoms with Crippen LogP contribution in [0.15, 0.2) is 53.5 Å². The van der Waals surface area contributed by atoms with Crippen LogP contribution in [-0.2, 0) is 0 Å². The average molecular weight is 296 g/mol. The minimum absolute atomic E-state index is 0.780. The normalized spacial score (nSPS) is 10.9. The molecular formula is C19H24N2O. The van der Waals surface area contributed by atoms with Gasteiger partial charge < -0.3 is 9.64 Å². The van der Waals surface area contributed by atoms with E-state index in [-0.39, 0.29) is 0 Å². The van der Waals surface area contributed by atoms with Gasteiger partial charge >= 0.3 is 0 Å². The van der Waals surface area contributed by atoms with E-state index in [1.165, 1.54) is 5.69 Å². The highest BCUT2D eigenvalue weighted by molar-refractivity contribution is 5.82. The maximum atomic E-state index is 5.65. The Morgan fingerprint density at radius 2 is 1.68 bits per heavy atom. The molecule has 0 fully saturated rings. The molecule has 0 spiro atoms. The maximum absolute atomic E-state index is 5.65. The zero-order valence-electron chi connectivity index (χ0n) is 13.6. The van der Waals surface area contributed by atoms with Crippen molar-refractivity contribution in [2.75, 3.05) is 25.6 Å². The highest BCUT2D eigenvalue weighted by Crippen LogP contribution is 2.18. The number of ether oxygens (including phenoxy) is 1. The topological polar surface area (TPSA) is 24.8 Å². The van der Waals surface area contributed by atoms with Crippen LogP contribution in [0.1, 0.15) is 25.3 Å². The monoisotopic (exact) mass is 296 g/mol. The standard InChI is InChI=1S/C19H24N2O/c1-4-5-14-22-19-12-6-16(7-13-19)15-20-17-8-10-18(11-9-17)21(2)3/h6-13,15H,4-5,14H2,1-3H3. The van der Waals surface area contributed by atoms with Gasteiger partial charge in [-0.1, -0.05) is 13.3 Å². The summed E-state index contributed by atoms with van der Waals surface area (Å²) in [5.74, 6) is 0.918. The van der Waals surface area contributed by atoms with Crippen LogP contribution in [0.5, 0.6) is 5.75 Å². The Labute approximate surface area is 133 Å². The van der Waals surface area contributed by atoms with Crippen LogP contribution in [0, 0.1) is 0 Å². The third kappa shape index (κ3) is 4.92. The average Bonchev–Trinajstić information content (AvgIpc) is 2.55. The molecule has 0 unspecified atom stereocenters. The van der Waals surface area contributed by atoms with Gasteiger partial charge in [-0.25, -0.2) is 0 Å². The van der Waals surface area contributed by atoms with Gasteiger partial charge in [0.1, 0.15) is 5.75 Å². The van der Waals surface area contributed by atoms with Crippen LogP contribution in [-0.4, -0.2) is 26.9 Å². The second kappa shape index (κ2) is 8.23. The smallest absolute Gasteiger partial charge is 0.119 e. The van der Waals surface area contributed by atoms with E-state index in [1.807, 2.05) is 56.7 Å². The van der Waals surface area contributed by atoms with E-state index in [9.17, 15) is 0 Å². The Morgan fingerprint density at radius 3 is 2.27 bits per heavy atom. The Kier molecular flexibility index (Phi) is 6.01. The molecule has 0 bridgehead atoms. The van der Waals surface area contributed by atoms with Crippen LogP contribution < -0.4 is 9.64 Å². The summed E-state index contributed by atoms with van der Waals surface area (Å²) >= 11 is 0. The molecule has 0 atom stereocenters. The lowest BCUT2D eigenvalue weighted by Gasteiger charge is -2.11. The molecule has 0 radical (unpaired) electrons. The van der Waals surface area contributed by atoms with E-state index in [1.54, 1.807) is 0 Å². The fourth-order valence-corrected chi connectivity index (χ4v) is 1.97. The zero-order valence-corrected chi connectivity index (χ0v) is 13.6. The lowest BCUT2D eigenvalue weighted by molar-refractivity contribution is 0.309. The number of hydrogen-bond donors (Lipinski definition) is 0. The van der Waals surface area contributed by atoms with Crippen LogP contribution in [0.2, 0.25) is 0 Å². The number of rotatable bonds is 7. The fourth-order valence-electron chi connectivity index (χ4n) is 1.97. The van der Waals surface area contributed by atoms with Crippen molar-refractivity contribution in [3.05, 3.63) is 54.1 Å². The van der Waals surface area contributed by atoms with E-state index >= 15 is 0 Å². The van der Waals surface area contributed by atoms with Gasteiger partial charge in [0.05, 0.1) is 12.3 Å². The quantitative estimate of drug-likeness (QED) is 0.547. The molecule has 2 rings (SSSR count). The SMILES string of the molecule is CCCCOc1ccc(C=Nc2ccc(N(C)C)cc2)cc1. The summed E-state index contributed by atoms with van der Waals surface area (Å²) in [6.07, 6.45) is 4.12. The summed E-state index contributed by atoms with van der Waals surface area (Å²) in [7, 11) is 4.06. The van der Waals surface area contributed by atoms with Crippen molar-refractivity contribution < 1.29 is 4.74 Å². The van der Waals surface area contributed by atoms with Crippen molar-refractivity contribution >= 4 is 17.6 Å². The minimum atomic E-state index is 0.780. The molecule has 0 aliphatic carbocycles. The number of benzene rings is 2. The second-order valence-corrected chi connectivity index (χ2v) is 5.44. The number of unbranched alkanes of at least 4 members (excludes halogenated alkanes) is 1. The van der Waals surface area contributed by atoms with E-state index < -0.39 is 0 Å². The summed E-state index contributed by atoms with van der Waals surface area (Å²) in [5.41, 5.74) is 3.20. The van der Waals surface area contributed by atoms with Gasteiger partial charge in [-0.3, -0.25) is 4.99 Å². The Balaban J connectivity index is 1.94. The van der Waals surface area contributed by atoms with E-state index in [2.05, 4.69) is 28.9 Å². The third-order valence-electron chi connectivity index (χ3n) is 3.38. The summed E-state index contributed by atoms with van der Waals surface area (Å²) in [6, 6.07) is 16.2. The Morgan fingerprint density at radius 1 is 1.00 bits per heavy atom. The van der Waals surface area contributed by atoms with Gasteiger partial charge in [-0.15, -0.1) is 0 Å². The van der Waals surface area contributed by atoms with Crippen molar-refractivity contribution in [2.45, 2.75) is 19.8 Å². The van der Waals surface area contributed by atoms with Gasteiger partial charge in [0, 0.05) is 26.0 Å². The molecule has 116 valence electrons. The fraction of sp³-hybridized carbons (Fsp3) is 0.316. The lowest BCUT2D eigenvalue weighted by Crippen LogP contribution is -2.07. The van der Waals surface area contributed by atoms with Crippen LogP contribution >= 0.6 is 0 Å². The summed E-state index contributed by atoms with van der Waals surface area (Å²) in [5, 5.41) is 0. The molecule has 22 heavy (non-hydrogen) atoms. The highest BCUT2D eigenvalue weighted by Gasteiger charge is 1.96. The van der Waals surface area contributed by atoms with Crippen LogP contribution in [0.4, 0.5) is 11.4 Å². The van der Waals surface area contributed by atoms with E-state index in [0.29, 0.717) is 0 Å². The molecule has 2 aromatic carbocycles. The van der Waals surface area contributed by atoms with E-state index in [4.69, 9.17) is 4.74 Å². The van der Waals surface area contributed by atoms with Crippen molar-refractivity contribution in [2.24, 2.45) is 4.99 Å². The number of nitrogens with zero attached hydrogens (tertiary/aromatic N) is 2. The Bertz CT molecular complexity index is 586. The summed E-state index contributed by atoms with van der Waals surface area (Å²) in [6.45, 7) is 2.94. The first-order valence-corrected chi connectivity index (χ1v) is 7.73. The zero-order chi connectivity index (χ0) is 15.8. The van der Waals surface area contributed by atoms with Crippen molar-refractivity contribution in [3.63, 3.8) is 0 Å². The molecule has 2 aromatic rings. The molecular weight excluding hydrogens is 272 g/mol. The molecule has 0 amide bonds. The minimum Gasteiger partial charge on any atom is -0.494 e. The summed E-state index contributed by atoms with van der Waals surface area (Å²) < 4.78 is 5.65. The first-order valence-electron chi connectivity index (χ1n) is 7.73. The summed E-state index contributed by atoms with van der Waals surface area (Å²) in [4.78, 5) is 6.57. The maximum Gasteiger partial charge on any atom is 0.119 e. The Hall–Kier alpha value is -2.29. The molecule has 3 heteroatoms. The number of hydrogen-bond acceptors (Lipinski definition) is 3. The molecule has 0 saturated heterocycles. The first-order chi connectivity index (χ1) is 10.7. The van der Waals surface area contributed by atoms with Gasteiger partial charge in [0.25, 0.3) is 0 Å². The molecule has 0 N–H and O–H groups in total. The highest BCUT2D eigenvalue weighted by atomic mass is 16.5. The lowest BCUT2D eigenvalue weighted by atomic mass is 10.2. The van der Waals surface area contributed by atoms with Gasteiger partial charge in [-0.2, -0.15) is 0 Å². The molecule has 0 saturated carbocycles. The molecule has 3 nitrogen and oxygen atoms in total. The molecule has 0 aromatic heterocycles. The third-order valence-corrected chi connectivity index (χ3v) is 3.38. The molecule has 0 heterocycles. The molecule has 0 aliphatic heterocycles. The van der Waals surface area contributed by atoms with Crippen molar-refractivity contribution in [3.8, 4) is 5.75 Å². The van der Waals surface area contributed by atoms with Gasteiger partial charge in [-0.05, 0) is 60.5 Å². The van der Waals surface area contributed by atoms with Crippen molar-refractivity contribution in [1.82, 2.24) is 0 Å². The van der Waals surface area contributed by atoms with Crippen molar-refractivity contribution in [1.29, 1.82) is 0 Å². The first kappa shape index (κ1) is 16.1. The number of aliphatic imine (C=N–C) groups is 1. The van der Waals surface area contributed by atoms with Crippen LogP contribution in [0.25, 0.3) is 0 Å². The second-order valence-electron chi connectivity index (χ2n) is 5.44. The number of anilines is 1. The largest absolute Gasteiger partial charge is 0.494 e. The van der Waals surface area contributed by atoms with Gasteiger partial charge in [0.2, 0.25) is 0 Å². The van der Waals surface area contributed by atoms with Gasteiger partial charge in [0.15, 0.2) is 0 Å². The predicted octanol–water partition coefficient (Wildman–Crippen LogP) is 4.68. The molecule has 0 aliphatic rings. The van der Waals surface area contributed by atoms with Crippen LogP contribution in [0.3, 0.4) is 0 Å². The van der Waals surface area contributed by atoms with E-state index in [0.717, 1.165) is 36.4 Å².